The largest absolute Gasteiger partial charge is 0.486 e. The Hall–Kier alpha value is -3.41. The Balaban J connectivity index is 1.39. The average molecular weight is 564 g/mol. The SMILES string of the molecule is CCCc1cnc(N2CC3COCC(C2)C3Oc2c(CC)cnc(Nc3ccc(C#N)cc3Cl)c2F)c(CC)c1. The van der Waals surface area contributed by atoms with Crippen LogP contribution in [-0.4, -0.2) is 42.4 Å². The van der Waals surface area contributed by atoms with Gasteiger partial charge in [-0.05, 0) is 48.6 Å². The number of rotatable bonds is 9. The molecule has 40 heavy (non-hydrogen) atoms. The van der Waals surface area contributed by atoms with Crippen LogP contribution in [0.25, 0.3) is 0 Å². The summed E-state index contributed by atoms with van der Waals surface area (Å²) in [5.74, 6) is 0.862. The van der Waals surface area contributed by atoms with Gasteiger partial charge in [-0.1, -0.05) is 44.9 Å². The van der Waals surface area contributed by atoms with E-state index in [9.17, 15) is 0 Å². The van der Waals surface area contributed by atoms with Crippen molar-refractivity contribution in [1.82, 2.24) is 9.97 Å². The van der Waals surface area contributed by atoms with Gasteiger partial charge in [0.05, 0.1) is 35.6 Å². The van der Waals surface area contributed by atoms with Crippen molar-refractivity contribution in [2.75, 3.05) is 36.5 Å². The molecule has 2 fully saturated rings. The smallest absolute Gasteiger partial charge is 0.207 e. The number of nitrogens with zero attached hydrogens (tertiary/aromatic N) is 4. The third-order valence-corrected chi connectivity index (χ3v) is 8.07. The van der Waals surface area contributed by atoms with Gasteiger partial charge < -0.3 is 19.7 Å². The lowest BCUT2D eigenvalue weighted by molar-refractivity contribution is -0.0767. The molecule has 0 amide bonds. The van der Waals surface area contributed by atoms with Crippen LogP contribution in [0.5, 0.6) is 5.75 Å². The minimum Gasteiger partial charge on any atom is -0.486 e. The van der Waals surface area contributed by atoms with Crippen LogP contribution in [0.2, 0.25) is 5.02 Å². The molecule has 1 N–H and O–H groups in total. The van der Waals surface area contributed by atoms with E-state index < -0.39 is 5.82 Å². The first kappa shape index (κ1) is 28.1. The van der Waals surface area contributed by atoms with E-state index in [2.05, 4.69) is 35.1 Å². The monoisotopic (exact) mass is 563 g/mol. The molecule has 2 aliphatic heterocycles. The molecule has 2 saturated heterocycles. The molecule has 7 nitrogen and oxygen atoms in total. The number of fused-ring (bicyclic) bond motifs is 2. The van der Waals surface area contributed by atoms with E-state index in [-0.39, 0.29) is 29.5 Å². The predicted octanol–water partition coefficient (Wildman–Crippen LogP) is 6.49. The third-order valence-electron chi connectivity index (χ3n) is 7.76. The maximum absolute atomic E-state index is 16.0. The Labute approximate surface area is 240 Å². The molecule has 9 heteroatoms. The van der Waals surface area contributed by atoms with Crippen LogP contribution < -0.4 is 15.0 Å². The molecule has 5 rings (SSSR count). The van der Waals surface area contributed by atoms with Crippen LogP contribution in [0.15, 0.2) is 36.7 Å². The number of nitriles is 1. The first-order chi connectivity index (χ1) is 19.4. The number of piperidine rings is 1. The first-order valence-corrected chi connectivity index (χ1v) is 14.4. The maximum Gasteiger partial charge on any atom is 0.207 e. The number of hydrogen-bond donors (Lipinski definition) is 1. The van der Waals surface area contributed by atoms with Crippen LogP contribution in [-0.2, 0) is 24.0 Å². The van der Waals surface area contributed by atoms with Gasteiger partial charge in [0.25, 0.3) is 0 Å². The summed E-state index contributed by atoms with van der Waals surface area (Å²) in [7, 11) is 0. The molecule has 3 aromatic rings. The van der Waals surface area contributed by atoms with E-state index in [0.29, 0.717) is 41.5 Å². The summed E-state index contributed by atoms with van der Waals surface area (Å²) in [6.07, 6.45) is 7.08. The first-order valence-electron chi connectivity index (χ1n) is 14.1. The lowest BCUT2D eigenvalue weighted by Gasteiger charge is -2.47. The van der Waals surface area contributed by atoms with Crippen molar-refractivity contribution >= 4 is 28.9 Å². The Kier molecular flexibility index (Phi) is 8.72. The number of halogens is 2. The molecule has 0 spiro atoms. The van der Waals surface area contributed by atoms with Gasteiger partial charge in [-0.15, -0.1) is 0 Å². The lowest BCUT2D eigenvalue weighted by Crippen LogP contribution is -2.58. The minimum absolute atomic E-state index is 0.0293. The van der Waals surface area contributed by atoms with Gasteiger partial charge in [0.1, 0.15) is 11.9 Å². The second-order valence-corrected chi connectivity index (χ2v) is 10.9. The molecule has 210 valence electrons. The Morgan fingerprint density at radius 3 is 2.50 bits per heavy atom. The van der Waals surface area contributed by atoms with E-state index in [1.807, 2.05) is 19.2 Å². The second kappa shape index (κ2) is 12.4. The summed E-state index contributed by atoms with van der Waals surface area (Å²) in [4.78, 5) is 11.5. The quantitative estimate of drug-likeness (QED) is 0.318. The van der Waals surface area contributed by atoms with Gasteiger partial charge in [-0.3, -0.25) is 0 Å². The molecule has 2 aliphatic rings. The van der Waals surface area contributed by atoms with E-state index in [4.69, 9.17) is 31.3 Å². The summed E-state index contributed by atoms with van der Waals surface area (Å²) < 4.78 is 28.4. The molecule has 0 aliphatic carbocycles. The molecule has 2 bridgehead atoms. The Bertz CT molecular complexity index is 1400. The molecule has 2 unspecified atom stereocenters. The van der Waals surface area contributed by atoms with Crippen molar-refractivity contribution in [2.24, 2.45) is 11.8 Å². The zero-order valence-corrected chi connectivity index (χ0v) is 24.0. The molecule has 0 saturated carbocycles. The molecule has 0 radical (unpaired) electrons. The number of anilines is 3. The zero-order chi connectivity index (χ0) is 28.2. The number of aryl methyl sites for hydroxylation is 3. The van der Waals surface area contributed by atoms with Crippen LogP contribution >= 0.6 is 11.6 Å². The highest BCUT2D eigenvalue weighted by Crippen LogP contribution is 2.38. The number of nitrogens with one attached hydrogen (secondary N) is 1. The van der Waals surface area contributed by atoms with Gasteiger partial charge in [-0.2, -0.15) is 9.65 Å². The number of pyridine rings is 2. The number of aromatic nitrogens is 2. The maximum atomic E-state index is 16.0. The van der Waals surface area contributed by atoms with Crippen molar-refractivity contribution in [3.63, 3.8) is 0 Å². The van der Waals surface area contributed by atoms with Crippen molar-refractivity contribution in [1.29, 1.82) is 5.26 Å². The number of ether oxygens (including phenoxy) is 2. The summed E-state index contributed by atoms with van der Waals surface area (Å²) in [5.41, 5.74) is 4.13. The summed E-state index contributed by atoms with van der Waals surface area (Å²) >= 11 is 6.32. The fraction of sp³-hybridized carbons (Fsp3) is 0.452. The fourth-order valence-corrected chi connectivity index (χ4v) is 5.94. The Morgan fingerprint density at radius 2 is 1.85 bits per heavy atom. The third kappa shape index (κ3) is 5.72. The number of hydrogen-bond acceptors (Lipinski definition) is 7. The topological polar surface area (TPSA) is 83.3 Å². The van der Waals surface area contributed by atoms with E-state index >= 15 is 4.39 Å². The summed E-state index contributed by atoms with van der Waals surface area (Å²) in [6, 6.07) is 9.13. The van der Waals surface area contributed by atoms with Crippen LogP contribution in [0.4, 0.5) is 21.7 Å². The summed E-state index contributed by atoms with van der Waals surface area (Å²) in [5, 5.41) is 12.4. The van der Waals surface area contributed by atoms with Crippen molar-refractivity contribution in [2.45, 2.75) is 52.6 Å². The minimum atomic E-state index is -0.553. The van der Waals surface area contributed by atoms with Crippen LogP contribution in [0, 0.1) is 29.0 Å². The second-order valence-electron chi connectivity index (χ2n) is 10.5. The average Bonchev–Trinajstić information content (AvgIpc) is 2.96. The van der Waals surface area contributed by atoms with Crippen LogP contribution in [0.3, 0.4) is 0 Å². The lowest BCUT2D eigenvalue weighted by atomic mass is 9.84. The van der Waals surface area contributed by atoms with E-state index in [1.54, 1.807) is 18.3 Å². The highest BCUT2D eigenvalue weighted by molar-refractivity contribution is 6.33. The van der Waals surface area contributed by atoms with Crippen molar-refractivity contribution < 1.29 is 13.9 Å². The molecule has 1 aromatic carbocycles. The Morgan fingerprint density at radius 1 is 1.10 bits per heavy atom. The van der Waals surface area contributed by atoms with Gasteiger partial charge >= 0.3 is 0 Å². The van der Waals surface area contributed by atoms with E-state index in [0.717, 1.165) is 38.2 Å². The van der Waals surface area contributed by atoms with Crippen molar-refractivity contribution in [3.8, 4) is 11.8 Å². The standard InChI is InChI=1S/C31H35ClFN5O2/c1-4-7-20-10-21(5-2)31(36-13-20)38-15-23-17-39-18-24(16-38)28(23)40-29-22(6-3)14-35-30(27(29)33)37-26-9-8-19(12-34)11-25(26)32/h8-11,13-14,23-24,28H,4-7,15-18H2,1-3H3,(H,35,37). The normalized spacial score (nSPS) is 20.2. The van der Waals surface area contributed by atoms with Gasteiger partial charge in [0, 0.05) is 42.9 Å². The fourth-order valence-electron chi connectivity index (χ4n) is 5.71. The molecular weight excluding hydrogens is 529 g/mol. The van der Waals surface area contributed by atoms with Crippen molar-refractivity contribution in [3.05, 3.63) is 69.8 Å². The van der Waals surface area contributed by atoms with Gasteiger partial charge in [0.2, 0.25) is 5.82 Å². The van der Waals surface area contributed by atoms with Crippen LogP contribution in [0.1, 0.15) is 49.4 Å². The highest BCUT2D eigenvalue weighted by atomic mass is 35.5. The highest BCUT2D eigenvalue weighted by Gasteiger charge is 2.43. The zero-order valence-electron chi connectivity index (χ0n) is 23.2. The molecule has 4 heterocycles. The molecule has 2 atom stereocenters. The molecule has 2 aromatic heterocycles. The predicted molar refractivity (Wildman–Crippen MR) is 155 cm³/mol. The number of benzene rings is 1. The van der Waals surface area contributed by atoms with E-state index in [1.165, 1.54) is 17.2 Å². The summed E-state index contributed by atoms with van der Waals surface area (Å²) in [6.45, 7) is 8.87. The van der Waals surface area contributed by atoms with Gasteiger partial charge in [-0.25, -0.2) is 9.97 Å². The van der Waals surface area contributed by atoms with Gasteiger partial charge in [0.15, 0.2) is 11.6 Å². The molecular formula is C31H35ClFN5O2.